The monoisotopic (exact) mass is 333 g/mol. The van der Waals surface area contributed by atoms with Gasteiger partial charge >= 0.3 is 12.3 Å². The molecule has 2 rings (SSSR count). The number of carbonyl (C=O) groups is 1. The van der Waals surface area contributed by atoms with Gasteiger partial charge < -0.3 is 10.0 Å². The molecule has 0 fully saturated rings. The fraction of sp³-hybridized carbons (Fsp3) is 0.733. The van der Waals surface area contributed by atoms with Crippen molar-refractivity contribution in [2.75, 3.05) is 6.54 Å². The highest BCUT2D eigenvalue weighted by Crippen LogP contribution is 2.35. The van der Waals surface area contributed by atoms with E-state index in [1.165, 1.54) is 9.58 Å². The number of amides is 1. The van der Waals surface area contributed by atoms with Crippen molar-refractivity contribution < 1.29 is 23.1 Å². The third kappa shape index (κ3) is 3.79. The number of hydrogen-bond donors (Lipinski definition) is 1. The summed E-state index contributed by atoms with van der Waals surface area (Å²) in [5.41, 5.74) is -0.555. The lowest BCUT2D eigenvalue weighted by Crippen LogP contribution is -2.46. The molecule has 1 aliphatic rings. The van der Waals surface area contributed by atoms with E-state index >= 15 is 0 Å². The van der Waals surface area contributed by atoms with Crippen LogP contribution in [0.2, 0.25) is 0 Å². The molecule has 0 aliphatic heterocycles. The van der Waals surface area contributed by atoms with E-state index in [9.17, 15) is 23.1 Å². The van der Waals surface area contributed by atoms with E-state index in [4.69, 9.17) is 0 Å². The molecule has 5 nitrogen and oxygen atoms in total. The van der Waals surface area contributed by atoms with Gasteiger partial charge in [0.25, 0.3) is 0 Å². The smallest absolute Gasteiger partial charge is 0.435 e. The molecule has 1 amide bonds. The molecule has 1 aliphatic carbocycles. The van der Waals surface area contributed by atoms with Crippen molar-refractivity contribution in [2.45, 2.75) is 64.7 Å². The largest absolute Gasteiger partial charge is 0.465 e. The molecule has 1 aromatic heterocycles. The summed E-state index contributed by atoms with van der Waals surface area (Å²) < 4.78 is 40.7. The summed E-state index contributed by atoms with van der Waals surface area (Å²) >= 11 is 0. The van der Waals surface area contributed by atoms with Crippen molar-refractivity contribution in [3.8, 4) is 0 Å². The average molecular weight is 333 g/mol. The highest BCUT2D eigenvalue weighted by atomic mass is 19.4. The number of fused-ring (bicyclic) bond motifs is 1. The predicted octanol–water partition coefficient (Wildman–Crippen LogP) is 3.56. The van der Waals surface area contributed by atoms with Crippen LogP contribution in [-0.2, 0) is 25.6 Å². The molecule has 8 heteroatoms. The van der Waals surface area contributed by atoms with Gasteiger partial charge in [-0.2, -0.15) is 18.3 Å². The zero-order valence-corrected chi connectivity index (χ0v) is 13.6. The summed E-state index contributed by atoms with van der Waals surface area (Å²) in [4.78, 5) is 12.6. The van der Waals surface area contributed by atoms with E-state index in [0.29, 0.717) is 18.5 Å². The van der Waals surface area contributed by atoms with Crippen LogP contribution in [0.1, 0.15) is 50.6 Å². The van der Waals surface area contributed by atoms with Crippen LogP contribution in [0.15, 0.2) is 0 Å². The fourth-order valence-electron chi connectivity index (χ4n) is 3.00. The van der Waals surface area contributed by atoms with Gasteiger partial charge in [-0.3, -0.25) is 4.68 Å². The van der Waals surface area contributed by atoms with Gasteiger partial charge in [-0.15, -0.1) is 0 Å². The number of nitrogens with zero attached hydrogens (tertiary/aromatic N) is 3. The molecule has 0 radical (unpaired) electrons. The first-order valence-corrected chi connectivity index (χ1v) is 7.68. The number of rotatable bonds is 3. The van der Waals surface area contributed by atoms with Crippen LogP contribution in [0.5, 0.6) is 0 Å². The number of carboxylic acid groups (broad SMARTS) is 1. The molecule has 0 unspecified atom stereocenters. The molecule has 1 heterocycles. The van der Waals surface area contributed by atoms with Crippen LogP contribution in [0, 0.1) is 0 Å². The maximum Gasteiger partial charge on any atom is 0.435 e. The molecular weight excluding hydrogens is 311 g/mol. The maximum atomic E-state index is 13.1. The Balaban J connectivity index is 2.27. The Kier molecular flexibility index (Phi) is 4.64. The molecule has 0 aromatic carbocycles. The van der Waals surface area contributed by atoms with Crippen molar-refractivity contribution in [3.05, 3.63) is 17.0 Å². The van der Waals surface area contributed by atoms with E-state index in [1.807, 2.05) is 0 Å². The molecule has 0 saturated carbocycles. The summed E-state index contributed by atoms with van der Waals surface area (Å²) in [5, 5.41) is 13.0. The Bertz CT molecular complexity index is 588. The van der Waals surface area contributed by atoms with Crippen molar-refractivity contribution in [1.82, 2.24) is 14.7 Å². The zero-order chi connectivity index (χ0) is 17.4. The van der Waals surface area contributed by atoms with Crippen LogP contribution in [0.4, 0.5) is 18.0 Å². The Morgan fingerprint density at radius 1 is 1.26 bits per heavy atom. The minimum atomic E-state index is -4.47. The number of halogens is 3. The molecule has 0 bridgehead atoms. The quantitative estimate of drug-likeness (QED) is 0.920. The van der Waals surface area contributed by atoms with Gasteiger partial charge in [0.05, 0.1) is 6.54 Å². The molecule has 1 N–H and O–H groups in total. The van der Waals surface area contributed by atoms with Crippen LogP contribution >= 0.6 is 0 Å². The Morgan fingerprint density at radius 2 is 1.87 bits per heavy atom. The summed E-state index contributed by atoms with van der Waals surface area (Å²) in [6.07, 6.45) is -3.06. The first kappa shape index (κ1) is 17.6. The second kappa shape index (κ2) is 6.05. The van der Waals surface area contributed by atoms with Crippen LogP contribution < -0.4 is 0 Å². The van der Waals surface area contributed by atoms with Gasteiger partial charge in [0.2, 0.25) is 0 Å². The third-order valence-electron chi connectivity index (χ3n) is 4.10. The molecule has 0 atom stereocenters. The second-order valence-electron chi connectivity index (χ2n) is 6.81. The number of hydrogen-bond acceptors (Lipinski definition) is 2. The average Bonchev–Trinajstić information content (AvgIpc) is 2.76. The van der Waals surface area contributed by atoms with Crippen LogP contribution in [-0.4, -0.2) is 38.0 Å². The van der Waals surface area contributed by atoms with E-state index in [-0.39, 0.29) is 18.7 Å². The lowest BCUT2D eigenvalue weighted by atomic mass is 9.95. The molecule has 130 valence electrons. The minimum Gasteiger partial charge on any atom is -0.465 e. The maximum absolute atomic E-state index is 13.1. The van der Waals surface area contributed by atoms with Gasteiger partial charge in [-0.25, -0.2) is 4.79 Å². The molecule has 23 heavy (non-hydrogen) atoms. The highest BCUT2D eigenvalue weighted by molar-refractivity contribution is 5.65. The summed E-state index contributed by atoms with van der Waals surface area (Å²) in [6.45, 7) is 5.48. The van der Waals surface area contributed by atoms with Gasteiger partial charge in [0.15, 0.2) is 5.69 Å². The molecule has 0 saturated heterocycles. The first-order valence-electron chi connectivity index (χ1n) is 7.68. The Hall–Kier alpha value is -1.73. The summed E-state index contributed by atoms with van der Waals surface area (Å²) in [7, 11) is 0. The lowest BCUT2D eigenvalue weighted by Gasteiger charge is -2.33. The molecular formula is C15H22F3N3O2. The molecule has 1 aromatic rings. The van der Waals surface area contributed by atoms with E-state index in [0.717, 1.165) is 12.8 Å². The Morgan fingerprint density at radius 3 is 2.39 bits per heavy atom. The number of alkyl halides is 3. The first-order chi connectivity index (χ1) is 10.5. The van der Waals surface area contributed by atoms with Gasteiger partial charge in [0.1, 0.15) is 0 Å². The van der Waals surface area contributed by atoms with Gasteiger partial charge in [-0.05, 0) is 46.5 Å². The normalized spacial score (nSPS) is 15.4. The Labute approximate surface area is 133 Å². The summed E-state index contributed by atoms with van der Waals surface area (Å²) in [6, 6.07) is 0. The topological polar surface area (TPSA) is 58.4 Å². The number of aromatic nitrogens is 2. The van der Waals surface area contributed by atoms with Crippen LogP contribution in [0.3, 0.4) is 0 Å². The van der Waals surface area contributed by atoms with Crippen molar-refractivity contribution in [2.24, 2.45) is 0 Å². The zero-order valence-electron chi connectivity index (χ0n) is 13.6. The SMILES string of the molecule is CC(C)(C)N(CCn1nc(C(F)(F)F)c2c1CCCC2)C(=O)O. The summed E-state index contributed by atoms with van der Waals surface area (Å²) in [5.74, 6) is 0. The van der Waals surface area contributed by atoms with Crippen LogP contribution in [0.25, 0.3) is 0 Å². The van der Waals surface area contributed by atoms with Crippen molar-refractivity contribution >= 4 is 6.09 Å². The molecule has 0 spiro atoms. The van der Waals surface area contributed by atoms with E-state index in [1.54, 1.807) is 20.8 Å². The van der Waals surface area contributed by atoms with E-state index < -0.39 is 23.5 Å². The van der Waals surface area contributed by atoms with Crippen molar-refractivity contribution in [3.63, 3.8) is 0 Å². The lowest BCUT2D eigenvalue weighted by molar-refractivity contribution is -0.142. The minimum absolute atomic E-state index is 0.101. The van der Waals surface area contributed by atoms with Crippen molar-refractivity contribution in [1.29, 1.82) is 0 Å². The van der Waals surface area contributed by atoms with Gasteiger partial charge in [-0.1, -0.05) is 0 Å². The van der Waals surface area contributed by atoms with E-state index in [2.05, 4.69) is 5.10 Å². The van der Waals surface area contributed by atoms with Gasteiger partial charge in [0, 0.05) is 23.3 Å². The predicted molar refractivity (Wildman–Crippen MR) is 78.4 cm³/mol. The second-order valence-corrected chi connectivity index (χ2v) is 6.81. The third-order valence-corrected chi connectivity index (χ3v) is 4.10. The highest BCUT2D eigenvalue weighted by Gasteiger charge is 2.39. The standard InChI is InChI=1S/C15H22F3N3O2/c1-14(2,3)20(13(22)23)8-9-21-11-7-5-4-6-10(11)12(19-21)15(16,17)18/h4-9H2,1-3H3,(H,22,23). The fourth-order valence-corrected chi connectivity index (χ4v) is 3.00.